The van der Waals surface area contributed by atoms with Crippen LogP contribution in [0, 0.1) is 11.6 Å². The Bertz CT molecular complexity index is 1510. The van der Waals surface area contributed by atoms with E-state index in [1.165, 1.54) is 12.4 Å². The maximum absolute atomic E-state index is 14.7. The van der Waals surface area contributed by atoms with Crippen molar-refractivity contribution >= 4 is 28.8 Å². The molecule has 10 heteroatoms. The van der Waals surface area contributed by atoms with Crippen molar-refractivity contribution in [3.05, 3.63) is 89.2 Å². The van der Waals surface area contributed by atoms with Gasteiger partial charge >= 0.3 is 0 Å². The topological polar surface area (TPSA) is 108 Å². The fraction of sp³-hybridized carbons (Fsp3) is 0.154. The van der Waals surface area contributed by atoms with Crippen LogP contribution in [0.1, 0.15) is 31.1 Å². The summed E-state index contributed by atoms with van der Waals surface area (Å²) < 4.78 is 35.3. The molecule has 0 spiro atoms. The molecular weight excluding hydrogens is 470 g/mol. The van der Waals surface area contributed by atoms with Crippen LogP contribution in [0.3, 0.4) is 0 Å². The molecule has 0 radical (unpaired) electrons. The second kappa shape index (κ2) is 9.31. The molecule has 2 aromatic carbocycles. The van der Waals surface area contributed by atoms with Crippen LogP contribution < -0.4 is 5.73 Å². The lowest BCUT2D eigenvalue weighted by Gasteiger charge is -2.26. The van der Waals surface area contributed by atoms with Gasteiger partial charge in [0.15, 0.2) is 5.82 Å². The van der Waals surface area contributed by atoms with E-state index >= 15 is 0 Å². The van der Waals surface area contributed by atoms with Gasteiger partial charge in [-0.3, -0.25) is 19.0 Å². The van der Waals surface area contributed by atoms with Crippen LogP contribution in [0.5, 0.6) is 0 Å². The van der Waals surface area contributed by atoms with Gasteiger partial charge in [0.05, 0.1) is 18.8 Å². The van der Waals surface area contributed by atoms with E-state index in [9.17, 15) is 23.2 Å². The van der Waals surface area contributed by atoms with Crippen LogP contribution >= 0.6 is 0 Å². The molecule has 2 aromatic heterocycles. The molecule has 0 bridgehead atoms. The Labute approximate surface area is 203 Å². The number of amides is 2. The summed E-state index contributed by atoms with van der Waals surface area (Å²) in [6.07, 6.45) is 2.88. The second-order valence-corrected chi connectivity index (χ2v) is 8.26. The van der Waals surface area contributed by atoms with Gasteiger partial charge in [-0.05, 0) is 42.0 Å². The summed E-state index contributed by atoms with van der Waals surface area (Å²) in [4.78, 5) is 43.1. The standard InChI is InChI=1S/C26H20F2N4O4/c27-20-6-5-19(23(29)33)22(28)21(20)26(35)32-8-7-17-13-18(14-30-24(17)32)15-1-3-16(4-2-15)25(34)31-9-11-36-12-10-31/h1-8,13-14H,9-12H2,(H2,29,33). The van der Waals surface area contributed by atoms with E-state index < -0.39 is 34.6 Å². The number of hydrogen-bond donors (Lipinski definition) is 1. The van der Waals surface area contributed by atoms with Crippen molar-refractivity contribution in [3.8, 4) is 11.1 Å². The molecule has 1 fully saturated rings. The van der Waals surface area contributed by atoms with Gasteiger partial charge in [0.2, 0.25) is 0 Å². The Morgan fingerprint density at radius 3 is 2.33 bits per heavy atom. The Morgan fingerprint density at radius 1 is 0.917 bits per heavy atom. The minimum atomic E-state index is -1.32. The van der Waals surface area contributed by atoms with Crippen LogP contribution in [0.4, 0.5) is 8.78 Å². The maximum Gasteiger partial charge on any atom is 0.269 e. The van der Waals surface area contributed by atoms with Crippen molar-refractivity contribution in [1.82, 2.24) is 14.5 Å². The molecule has 36 heavy (non-hydrogen) atoms. The number of morpholine rings is 1. The number of primary amides is 1. The van der Waals surface area contributed by atoms with E-state index in [-0.39, 0.29) is 11.6 Å². The third-order valence-electron chi connectivity index (χ3n) is 6.08. The summed E-state index contributed by atoms with van der Waals surface area (Å²) in [6.45, 7) is 2.15. The molecule has 0 saturated carbocycles. The largest absolute Gasteiger partial charge is 0.378 e. The predicted molar refractivity (Wildman–Crippen MR) is 126 cm³/mol. The highest BCUT2D eigenvalue weighted by atomic mass is 19.1. The molecule has 0 aliphatic carbocycles. The monoisotopic (exact) mass is 490 g/mol. The SMILES string of the molecule is NC(=O)c1ccc(F)c(C(=O)n2ccc3cc(-c4ccc(C(=O)N5CCOCC5)cc4)cnc32)c1F. The van der Waals surface area contributed by atoms with Crippen LogP contribution in [0.15, 0.2) is 60.9 Å². The molecule has 0 unspecified atom stereocenters. The highest BCUT2D eigenvalue weighted by Crippen LogP contribution is 2.26. The van der Waals surface area contributed by atoms with E-state index in [1.54, 1.807) is 41.3 Å². The molecule has 1 aliphatic heterocycles. The highest BCUT2D eigenvalue weighted by molar-refractivity contribution is 6.04. The molecule has 3 heterocycles. The first-order valence-corrected chi connectivity index (χ1v) is 11.1. The first-order valence-electron chi connectivity index (χ1n) is 11.1. The molecule has 2 amide bonds. The van der Waals surface area contributed by atoms with Crippen molar-refractivity contribution in [3.63, 3.8) is 0 Å². The summed E-state index contributed by atoms with van der Waals surface area (Å²) in [5.74, 6) is -4.63. The molecule has 4 aromatic rings. The fourth-order valence-electron chi connectivity index (χ4n) is 4.16. The summed E-state index contributed by atoms with van der Waals surface area (Å²) in [7, 11) is 0. The number of aromatic nitrogens is 2. The zero-order valence-corrected chi connectivity index (χ0v) is 18.9. The molecule has 1 aliphatic rings. The van der Waals surface area contributed by atoms with E-state index in [0.29, 0.717) is 37.3 Å². The minimum absolute atomic E-state index is 0.0612. The maximum atomic E-state index is 14.7. The van der Waals surface area contributed by atoms with Crippen LogP contribution in [0.2, 0.25) is 0 Å². The Balaban J connectivity index is 1.43. The van der Waals surface area contributed by atoms with E-state index in [1.807, 2.05) is 0 Å². The summed E-state index contributed by atoms with van der Waals surface area (Å²) in [5.41, 5.74) is 5.92. The minimum Gasteiger partial charge on any atom is -0.378 e. The first-order chi connectivity index (χ1) is 17.3. The average Bonchev–Trinajstić information content (AvgIpc) is 3.32. The second-order valence-electron chi connectivity index (χ2n) is 8.26. The van der Waals surface area contributed by atoms with Gasteiger partial charge in [-0.25, -0.2) is 13.8 Å². The molecule has 8 nitrogen and oxygen atoms in total. The van der Waals surface area contributed by atoms with E-state index in [2.05, 4.69) is 4.98 Å². The van der Waals surface area contributed by atoms with Crippen molar-refractivity contribution < 1.29 is 27.9 Å². The lowest BCUT2D eigenvalue weighted by Crippen LogP contribution is -2.40. The highest BCUT2D eigenvalue weighted by Gasteiger charge is 2.25. The average molecular weight is 490 g/mol. The van der Waals surface area contributed by atoms with Crippen LogP contribution in [-0.2, 0) is 4.74 Å². The van der Waals surface area contributed by atoms with Crippen LogP contribution in [0.25, 0.3) is 22.2 Å². The van der Waals surface area contributed by atoms with Gasteiger partial charge in [0.1, 0.15) is 17.0 Å². The third kappa shape index (κ3) is 4.11. The molecule has 2 N–H and O–H groups in total. The van der Waals surface area contributed by atoms with E-state index in [4.69, 9.17) is 10.5 Å². The number of fused-ring (bicyclic) bond motifs is 1. The van der Waals surface area contributed by atoms with Crippen molar-refractivity contribution in [2.45, 2.75) is 0 Å². The summed E-state index contributed by atoms with van der Waals surface area (Å²) in [6, 6.07) is 12.2. The molecule has 1 saturated heterocycles. The molecule has 0 atom stereocenters. The number of carbonyl (C=O) groups excluding carboxylic acids is 3. The number of carbonyl (C=O) groups is 3. The molecular formula is C26H20F2N4O4. The third-order valence-corrected chi connectivity index (χ3v) is 6.08. The number of nitrogens with two attached hydrogens (primary N) is 1. The van der Waals surface area contributed by atoms with E-state index in [0.717, 1.165) is 27.8 Å². The Morgan fingerprint density at radius 2 is 1.64 bits per heavy atom. The molecule has 182 valence electrons. The number of nitrogens with zero attached hydrogens (tertiary/aromatic N) is 3. The van der Waals surface area contributed by atoms with Gasteiger partial charge in [-0.15, -0.1) is 0 Å². The lowest BCUT2D eigenvalue weighted by molar-refractivity contribution is 0.0303. The number of hydrogen-bond acceptors (Lipinski definition) is 5. The first kappa shape index (κ1) is 23.3. The predicted octanol–water partition coefficient (Wildman–Crippen LogP) is 3.24. The fourth-order valence-corrected chi connectivity index (χ4v) is 4.16. The zero-order valence-electron chi connectivity index (χ0n) is 18.9. The van der Waals surface area contributed by atoms with Crippen molar-refractivity contribution in [2.75, 3.05) is 26.3 Å². The summed E-state index contributed by atoms with van der Waals surface area (Å²) in [5, 5.41) is 0.557. The number of benzene rings is 2. The van der Waals surface area contributed by atoms with Gasteiger partial charge in [0.25, 0.3) is 17.7 Å². The van der Waals surface area contributed by atoms with Crippen LogP contribution in [-0.4, -0.2) is 58.5 Å². The van der Waals surface area contributed by atoms with Gasteiger partial charge < -0.3 is 15.4 Å². The van der Waals surface area contributed by atoms with Crippen molar-refractivity contribution in [1.29, 1.82) is 0 Å². The number of ether oxygens (including phenoxy) is 1. The number of pyridine rings is 1. The molecule has 5 rings (SSSR count). The zero-order chi connectivity index (χ0) is 25.4. The Hall–Kier alpha value is -4.44. The quantitative estimate of drug-likeness (QED) is 0.473. The number of halogens is 2. The lowest BCUT2D eigenvalue weighted by atomic mass is 10.0. The smallest absolute Gasteiger partial charge is 0.269 e. The normalized spacial score (nSPS) is 13.7. The summed E-state index contributed by atoms with van der Waals surface area (Å²) >= 11 is 0. The Kier molecular flexibility index (Phi) is 6.03. The van der Waals surface area contributed by atoms with Gasteiger partial charge in [-0.1, -0.05) is 12.1 Å². The number of rotatable bonds is 4. The van der Waals surface area contributed by atoms with Crippen molar-refractivity contribution in [2.24, 2.45) is 5.73 Å². The van der Waals surface area contributed by atoms with Gasteiger partial charge in [0, 0.05) is 42.0 Å². The van der Waals surface area contributed by atoms with Gasteiger partial charge in [-0.2, -0.15) is 0 Å².